The maximum atomic E-state index is 13.1. The van der Waals surface area contributed by atoms with Crippen molar-refractivity contribution >= 4 is 0 Å². The van der Waals surface area contributed by atoms with Gasteiger partial charge in [0, 0.05) is 43.4 Å². The first-order valence-corrected chi connectivity index (χ1v) is 6.87. The molecule has 0 spiro atoms. The molecular formula is C16H17FN2O. The monoisotopic (exact) mass is 272 g/mol. The Morgan fingerprint density at radius 1 is 1.30 bits per heavy atom. The van der Waals surface area contributed by atoms with Crippen molar-refractivity contribution in [2.75, 3.05) is 13.1 Å². The second-order valence-electron chi connectivity index (χ2n) is 4.97. The van der Waals surface area contributed by atoms with E-state index in [1.807, 2.05) is 18.2 Å². The molecule has 2 aromatic rings. The zero-order valence-corrected chi connectivity index (χ0v) is 11.2. The van der Waals surface area contributed by atoms with E-state index in [-0.39, 0.29) is 11.9 Å². The highest BCUT2D eigenvalue weighted by Gasteiger charge is 2.22. The largest absolute Gasteiger partial charge is 0.488 e. The van der Waals surface area contributed by atoms with E-state index in [0.717, 1.165) is 42.9 Å². The lowest BCUT2D eigenvalue weighted by molar-refractivity contribution is 0.228. The van der Waals surface area contributed by atoms with E-state index < -0.39 is 0 Å². The number of hydrogen-bond donors (Lipinski definition) is 1. The molecule has 3 nitrogen and oxygen atoms in total. The molecule has 2 heterocycles. The molecule has 1 aliphatic heterocycles. The summed E-state index contributed by atoms with van der Waals surface area (Å²) in [6.07, 6.45) is 3.56. The molecule has 1 atom stereocenters. The van der Waals surface area contributed by atoms with Crippen LogP contribution in [0.3, 0.4) is 0 Å². The lowest BCUT2D eigenvalue weighted by atomic mass is 10.1. The van der Waals surface area contributed by atoms with Gasteiger partial charge in [0.25, 0.3) is 0 Å². The van der Waals surface area contributed by atoms with Gasteiger partial charge < -0.3 is 10.1 Å². The second kappa shape index (κ2) is 6.01. The predicted molar refractivity (Wildman–Crippen MR) is 75.3 cm³/mol. The van der Waals surface area contributed by atoms with E-state index in [9.17, 15) is 4.39 Å². The van der Waals surface area contributed by atoms with Crippen LogP contribution in [0.1, 0.15) is 11.3 Å². The van der Waals surface area contributed by atoms with Crippen molar-refractivity contribution in [3.05, 3.63) is 59.7 Å². The molecule has 104 valence electrons. The van der Waals surface area contributed by atoms with Gasteiger partial charge in [-0.3, -0.25) is 4.98 Å². The topological polar surface area (TPSA) is 34.2 Å². The zero-order valence-electron chi connectivity index (χ0n) is 11.2. The van der Waals surface area contributed by atoms with Gasteiger partial charge in [-0.25, -0.2) is 4.39 Å². The minimum absolute atomic E-state index is 0.0931. The van der Waals surface area contributed by atoms with Crippen LogP contribution in [0.5, 0.6) is 5.75 Å². The second-order valence-corrected chi connectivity index (χ2v) is 4.97. The quantitative estimate of drug-likeness (QED) is 0.848. The van der Waals surface area contributed by atoms with Crippen LogP contribution in [0, 0.1) is 5.82 Å². The third-order valence-corrected chi connectivity index (χ3v) is 3.42. The normalized spacial score (nSPS) is 16.8. The molecule has 0 radical (unpaired) electrons. The van der Waals surface area contributed by atoms with Crippen molar-refractivity contribution in [3.63, 3.8) is 0 Å². The van der Waals surface area contributed by atoms with Crippen LogP contribution in [0.4, 0.5) is 4.39 Å². The number of pyridine rings is 1. The Morgan fingerprint density at radius 3 is 3.10 bits per heavy atom. The predicted octanol–water partition coefficient (Wildman–Crippen LogP) is 2.36. The number of nitrogens with zero attached hydrogens (tertiary/aromatic N) is 1. The van der Waals surface area contributed by atoms with Gasteiger partial charge in [0.1, 0.15) is 17.7 Å². The van der Waals surface area contributed by atoms with E-state index in [1.54, 1.807) is 18.3 Å². The summed E-state index contributed by atoms with van der Waals surface area (Å²) in [5.41, 5.74) is 2.04. The summed E-state index contributed by atoms with van der Waals surface area (Å²) in [6, 6.07) is 10.6. The standard InChI is InChI=1S/C16H17FN2O/c17-13-4-5-16-12(9-13)10-15(20-16)11-18-8-6-14-3-1-2-7-19-14/h1-5,7,9,15,18H,6,8,10-11H2. The number of halogens is 1. The maximum Gasteiger partial charge on any atom is 0.123 e. The number of aromatic nitrogens is 1. The summed E-state index contributed by atoms with van der Waals surface area (Å²) in [5.74, 6) is 0.610. The minimum atomic E-state index is -0.198. The Balaban J connectivity index is 1.43. The van der Waals surface area contributed by atoms with Gasteiger partial charge in [-0.1, -0.05) is 6.07 Å². The Bertz CT molecular complexity index is 574. The van der Waals surface area contributed by atoms with Gasteiger partial charge in [-0.2, -0.15) is 0 Å². The molecule has 0 bridgehead atoms. The fourth-order valence-corrected chi connectivity index (χ4v) is 2.43. The fourth-order valence-electron chi connectivity index (χ4n) is 2.43. The van der Waals surface area contributed by atoms with Crippen LogP contribution in [-0.4, -0.2) is 24.2 Å². The highest BCUT2D eigenvalue weighted by molar-refractivity contribution is 5.37. The van der Waals surface area contributed by atoms with Crippen LogP contribution >= 0.6 is 0 Å². The molecule has 4 heteroatoms. The highest BCUT2D eigenvalue weighted by Crippen LogP contribution is 2.28. The van der Waals surface area contributed by atoms with Crippen molar-refractivity contribution < 1.29 is 9.13 Å². The average Bonchev–Trinajstić information content (AvgIpc) is 2.86. The van der Waals surface area contributed by atoms with Crippen molar-refractivity contribution in [2.45, 2.75) is 18.9 Å². The van der Waals surface area contributed by atoms with Gasteiger partial charge in [-0.05, 0) is 30.3 Å². The van der Waals surface area contributed by atoms with E-state index in [1.165, 1.54) is 6.07 Å². The summed E-state index contributed by atoms with van der Waals surface area (Å²) in [6.45, 7) is 1.63. The number of ether oxygens (including phenoxy) is 1. The molecule has 1 aromatic carbocycles. The van der Waals surface area contributed by atoms with Crippen LogP contribution < -0.4 is 10.1 Å². The number of hydrogen-bond acceptors (Lipinski definition) is 3. The SMILES string of the molecule is Fc1ccc2c(c1)CC(CNCCc1ccccn1)O2. The van der Waals surface area contributed by atoms with Crippen LogP contribution in [0.25, 0.3) is 0 Å². The summed E-state index contributed by atoms with van der Waals surface area (Å²) < 4.78 is 18.9. The summed E-state index contributed by atoms with van der Waals surface area (Å²) in [4.78, 5) is 4.28. The van der Waals surface area contributed by atoms with Crippen LogP contribution in [0.2, 0.25) is 0 Å². The molecule has 0 saturated carbocycles. The molecule has 3 rings (SSSR count). The van der Waals surface area contributed by atoms with Crippen molar-refractivity contribution in [2.24, 2.45) is 0 Å². The van der Waals surface area contributed by atoms with Gasteiger partial charge in [0.15, 0.2) is 0 Å². The molecule has 20 heavy (non-hydrogen) atoms. The Kier molecular flexibility index (Phi) is 3.92. The number of benzene rings is 1. The van der Waals surface area contributed by atoms with E-state index in [0.29, 0.717) is 0 Å². The molecular weight excluding hydrogens is 255 g/mol. The molecule has 0 aliphatic carbocycles. The first-order chi connectivity index (χ1) is 9.81. The summed E-state index contributed by atoms with van der Waals surface area (Å²) in [7, 11) is 0. The Morgan fingerprint density at radius 2 is 2.25 bits per heavy atom. The molecule has 1 N–H and O–H groups in total. The third kappa shape index (κ3) is 3.14. The molecule has 1 aromatic heterocycles. The lowest BCUT2D eigenvalue weighted by Gasteiger charge is -2.11. The highest BCUT2D eigenvalue weighted by atomic mass is 19.1. The molecule has 0 saturated heterocycles. The minimum Gasteiger partial charge on any atom is -0.488 e. The summed E-state index contributed by atoms with van der Waals surface area (Å²) in [5, 5.41) is 3.37. The molecule has 0 amide bonds. The van der Waals surface area contributed by atoms with Gasteiger partial charge in [0.2, 0.25) is 0 Å². The average molecular weight is 272 g/mol. The Labute approximate surface area is 117 Å². The third-order valence-electron chi connectivity index (χ3n) is 3.42. The number of fused-ring (bicyclic) bond motifs is 1. The lowest BCUT2D eigenvalue weighted by Crippen LogP contribution is -2.31. The van der Waals surface area contributed by atoms with Gasteiger partial charge in [0.05, 0.1) is 0 Å². The smallest absolute Gasteiger partial charge is 0.123 e. The van der Waals surface area contributed by atoms with E-state index in [2.05, 4.69) is 10.3 Å². The summed E-state index contributed by atoms with van der Waals surface area (Å²) >= 11 is 0. The van der Waals surface area contributed by atoms with Crippen LogP contribution in [-0.2, 0) is 12.8 Å². The number of nitrogens with one attached hydrogen (secondary N) is 1. The van der Waals surface area contributed by atoms with Crippen molar-refractivity contribution in [3.8, 4) is 5.75 Å². The van der Waals surface area contributed by atoms with Crippen molar-refractivity contribution in [1.82, 2.24) is 10.3 Å². The van der Waals surface area contributed by atoms with Gasteiger partial charge in [-0.15, -0.1) is 0 Å². The van der Waals surface area contributed by atoms with Gasteiger partial charge >= 0.3 is 0 Å². The first-order valence-electron chi connectivity index (χ1n) is 6.87. The van der Waals surface area contributed by atoms with E-state index in [4.69, 9.17) is 4.74 Å². The van der Waals surface area contributed by atoms with Crippen LogP contribution in [0.15, 0.2) is 42.6 Å². The first kappa shape index (κ1) is 13.1. The molecule has 0 fully saturated rings. The van der Waals surface area contributed by atoms with E-state index >= 15 is 0 Å². The molecule has 1 unspecified atom stereocenters. The van der Waals surface area contributed by atoms with Crippen molar-refractivity contribution in [1.29, 1.82) is 0 Å². The number of rotatable bonds is 5. The maximum absolute atomic E-state index is 13.1. The fraction of sp³-hybridized carbons (Fsp3) is 0.312. The zero-order chi connectivity index (χ0) is 13.8. The Hall–Kier alpha value is -1.94. The molecule has 1 aliphatic rings.